The molecule has 0 nitrogen and oxygen atoms in total. The molecule has 0 spiro atoms. The first-order chi connectivity index (χ1) is 0. The fourth-order valence-electron chi connectivity index (χ4n) is 0. The Balaban J connectivity index is 0. The van der Waals surface area contributed by atoms with Crippen LogP contribution in [-0.4, -0.2) is 0 Å². The molecular formula is CuRu3. The van der Waals surface area contributed by atoms with Gasteiger partial charge in [-0.1, -0.05) is 0 Å². The van der Waals surface area contributed by atoms with Crippen molar-refractivity contribution >= 4 is 0 Å². The molecule has 0 saturated carbocycles. The van der Waals surface area contributed by atoms with Crippen LogP contribution in [0, 0.1) is 0 Å². The first-order valence-electron chi connectivity index (χ1n) is 0. The van der Waals surface area contributed by atoms with Crippen molar-refractivity contribution in [3.63, 3.8) is 0 Å². The monoisotopic (exact) mass is 369 g/mol. The zero-order valence-electron chi connectivity index (χ0n) is 1.36. The summed E-state index contributed by atoms with van der Waals surface area (Å²) in [6.45, 7) is 0. The van der Waals surface area contributed by atoms with Crippen LogP contribution in [0.4, 0.5) is 0 Å². The van der Waals surface area contributed by atoms with Gasteiger partial charge in [0.2, 0.25) is 0 Å². The van der Waals surface area contributed by atoms with E-state index in [1.807, 2.05) is 0 Å². The average Bonchev–Trinajstić information content (AvgIpc) is 0. The molecule has 0 aromatic carbocycles. The minimum absolute atomic E-state index is 0. The first-order valence-corrected chi connectivity index (χ1v) is 0. The third-order valence-corrected chi connectivity index (χ3v) is 0. The van der Waals surface area contributed by atoms with Gasteiger partial charge in [-0.05, 0) is 0 Å². The zero-order chi connectivity index (χ0) is 0. The van der Waals surface area contributed by atoms with Gasteiger partial charge in [0.15, 0.2) is 0 Å². The minimum Gasteiger partial charge on any atom is 0 e. The molecule has 0 aliphatic heterocycles. The van der Waals surface area contributed by atoms with Gasteiger partial charge >= 0.3 is 0 Å². The van der Waals surface area contributed by atoms with E-state index in [0.717, 1.165) is 0 Å². The molecule has 0 saturated heterocycles. The van der Waals surface area contributed by atoms with E-state index < -0.39 is 0 Å². The van der Waals surface area contributed by atoms with Crippen LogP contribution in [0.25, 0.3) is 0 Å². The summed E-state index contributed by atoms with van der Waals surface area (Å²) in [5, 5.41) is 0. The standard InChI is InChI=1S/Cu.3Ru. The summed E-state index contributed by atoms with van der Waals surface area (Å²) in [5.41, 5.74) is 0. The fraction of sp³-hybridized carbons (Fsp3) is 0. The van der Waals surface area contributed by atoms with Crippen LogP contribution < -0.4 is 0 Å². The van der Waals surface area contributed by atoms with Crippen molar-refractivity contribution in [3.05, 3.63) is 0 Å². The maximum atomic E-state index is 0. The van der Waals surface area contributed by atoms with Crippen molar-refractivity contribution in [1.29, 1.82) is 0 Å². The minimum atomic E-state index is 0. The quantitative estimate of drug-likeness (QED) is 0.529. The van der Waals surface area contributed by atoms with E-state index in [-0.39, 0.29) is 75.5 Å². The average molecular weight is 367 g/mol. The Morgan fingerprint density at radius 1 is 0.500 bits per heavy atom. The molecule has 0 aromatic rings. The Kier molecular flexibility index (Phi) is 148. The van der Waals surface area contributed by atoms with E-state index in [1.165, 1.54) is 0 Å². The van der Waals surface area contributed by atoms with E-state index in [0.29, 0.717) is 0 Å². The molecule has 0 aliphatic rings. The van der Waals surface area contributed by atoms with Crippen LogP contribution in [0.1, 0.15) is 0 Å². The van der Waals surface area contributed by atoms with Crippen LogP contribution in [0.2, 0.25) is 0 Å². The van der Waals surface area contributed by atoms with Crippen molar-refractivity contribution in [3.8, 4) is 0 Å². The van der Waals surface area contributed by atoms with Crippen LogP contribution in [0.5, 0.6) is 0 Å². The first kappa shape index (κ1) is 32.5. The van der Waals surface area contributed by atoms with Crippen LogP contribution >= 0.6 is 0 Å². The summed E-state index contributed by atoms with van der Waals surface area (Å²) >= 11 is 0. The molecule has 1 radical (unpaired) electrons. The summed E-state index contributed by atoms with van der Waals surface area (Å²) in [7, 11) is 0. The second kappa shape index (κ2) is 18.2. The van der Waals surface area contributed by atoms with Gasteiger partial charge in [0.05, 0.1) is 0 Å². The van der Waals surface area contributed by atoms with E-state index in [9.17, 15) is 0 Å². The van der Waals surface area contributed by atoms with Gasteiger partial charge in [0.1, 0.15) is 0 Å². The summed E-state index contributed by atoms with van der Waals surface area (Å²) in [6.07, 6.45) is 0. The second-order valence-corrected chi connectivity index (χ2v) is 0. The largest absolute Gasteiger partial charge is 0 e. The second-order valence-electron chi connectivity index (χ2n) is 0. The van der Waals surface area contributed by atoms with E-state index >= 15 is 0 Å². The Morgan fingerprint density at radius 3 is 0.500 bits per heavy atom. The van der Waals surface area contributed by atoms with Crippen molar-refractivity contribution in [1.82, 2.24) is 0 Å². The SMILES string of the molecule is [Cu].[Ru].[Ru].[Ru]. The number of hydrogen-bond donors (Lipinski definition) is 0. The van der Waals surface area contributed by atoms with Crippen molar-refractivity contribution in [2.24, 2.45) is 0 Å². The predicted molar refractivity (Wildman–Crippen MR) is 0 cm³/mol. The number of rotatable bonds is 0. The molecule has 0 amide bonds. The summed E-state index contributed by atoms with van der Waals surface area (Å²) in [6, 6.07) is 0. The third-order valence-electron chi connectivity index (χ3n) is 0. The predicted octanol–water partition coefficient (Wildman–Crippen LogP) is -0.0100. The molecule has 4 heteroatoms. The Bertz CT molecular complexity index is 3.25. The van der Waals surface area contributed by atoms with Crippen molar-refractivity contribution in [2.45, 2.75) is 0 Å². The zero-order valence-corrected chi connectivity index (χ0v) is 7.52. The maximum absolute atomic E-state index is 0. The summed E-state index contributed by atoms with van der Waals surface area (Å²) in [5.74, 6) is 0. The molecule has 0 aromatic heterocycles. The molecular weight excluding hydrogens is 367 g/mol. The molecule has 35 valence electrons. The summed E-state index contributed by atoms with van der Waals surface area (Å²) in [4.78, 5) is 0. The third kappa shape index (κ3) is 8.83. The van der Waals surface area contributed by atoms with Gasteiger partial charge < -0.3 is 0 Å². The smallest absolute Gasteiger partial charge is 0 e. The number of hydrogen-bond acceptors (Lipinski definition) is 0. The maximum Gasteiger partial charge on any atom is 0 e. The molecule has 0 rings (SSSR count). The van der Waals surface area contributed by atoms with Crippen molar-refractivity contribution in [2.75, 3.05) is 0 Å². The molecule has 0 N–H and O–H groups in total. The molecule has 0 aliphatic carbocycles. The van der Waals surface area contributed by atoms with E-state index in [4.69, 9.17) is 0 Å². The molecule has 4 heavy (non-hydrogen) atoms. The van der Waals surface area contributed by atoms with Gasteiger partial charge in [-0.15, -0.1) is 0 Å². The molecule has 0 fully saturated rings. The topological polar surface area (TPSA) is 0 Å². The Hall–Kier alpha value is 2.39. The fourth-order valence-corrected chi connectivity index (χ4v) is 0. The summed E-state index contributed by atoms with van der Waals surface area (Å²) < 4.78 is 0. The molecule has 0 bridgehead atoms. The Morgan fingerprint density at radius 2 is 0.500 bits per heavy atom. The molecule has 0 unspecified atom stereocenters. The van der Waals surface area contributed by atoms with Gasteiger partial charge in [0, 0.05) is 75.5 Å². The normalized spacial score (nSPS) is 0. The van der Waals surface area contributed by atoms with Gasteiger partial charge in [-0.2, -0.15) is 0 Å². The van der Waals surface area contributed by atoms with Crippen molar-refractivity contribution < 1.29 is 75.5 Å². The van der Waals surface area contributed by atoms with E-state index in [2.05, 4.69) is 0 Å². The van der Waals surface area contributed by atoms with Crippen LogP contribution in [0.15, 0.2) is 0 Å². The molecule has 0 heterocycles. The molecule has 0 atom stereocenters. The Labute approximate surface area is 74.6 Å². The van der Waals surface area contributed by atoms with Crippen LogP contribution in [0.3, 0.4) is 0 Å². The van der Waals surface area contributed by atoms with Gasteiger partial charge in [0.25, 0.3) is 0 Å². The van der Waals surface area contributed by atoms with Crippen LogP contribution in [-0.2, 0) is 75.5 Å². The van der Waals surface area contributed by atoms with E-state index in [1.54, 1.807) is 0 Å². The van der Waals surface area contributed by atoms with Gasteiger partial charge in [-0.3, -0.25) is 0 Å². The van der Waals surface area contributed by atoms with Gasteiger partial charge in [-0.25, -0.2) is 0 Å².